The number of benzene rings is 1. The van der Waals surface area contributed by atoms with E-state index in [0.717, 1.165) is 12.2 Å². The molecule has 1 aromatic rings. The molecule has 7 heteroatoms. The van der Waals surface area contributed by atoms with Crippen molar-refractivity contribution in [3.8, 4) is 0 Å². The zero-order chi connectivity index (χ0) is 14.0. The maximum atomic E-state index is 11.8. The highest BCUT2D eigenvalue weighted by atomic mass is 16.6. The van der Waals surface area contributed by atoms with Gasteiger partial charge < -0.3 is 10.0 Å². The van der Waals surface area contributed by atoms with Crippen molar-refractivity contribution in [3.63, 3.8) is 0 Å². The Balaban J connectivity index is 2.25. The van der Waals surface area contributed by atoms with Crippen LogP contribution in [0.25, 0.3) is 0 Å². The Morgan fingerprint density at radius 2 is 2.11 bits per heavy atom. The molecule has 0 spiro atoms. The lowest BCUT2D eigenvalue weighted by Crippen LogP contribution is -2.27. The summed E-state index contributed by atoms with van der Waals surface area (Å²) in [6.07, 6.45) is 2.26. The summed E-state index contributed by atoms with van der Waals surface area (Å²) in [6, 6.07) is 4.27. The number of nitrogens with zero attached hydrogens (tertiary/aromatic N) is 2. The Labute approximate surface area is 107 Å². The molecule has 1 heterocycles. The van der Waals surface area contributed by atoms with Crippen LogP contribution >= 0.6 is 0 Å². The van der Waals surface area contributed by atoms with Gasteiger partial charge in [0.1, 0.15) is 0 Å². The lowest BCUT2D eigenvalue weighted by molar-refractivity contribution is -0.384. The lowest BCUT2D eigenvalue weighted by atomic mass is 10.1. The van der Waals surface area contributed by atoms with Crippen LogP contribution in [-0.2, 0) is 16.0 Å². The topological polar surface area (TPSA) is 101 Å². The summed E-state index contributed by atoms with van der Waals surface area (Å²) in [4.78, 5) is 33.7. The van der Waals surface area contributed by atoms with E-state index in [-0.39, 0.29) is 5.69 Å². The van der Waals surface area contributed by atoms with Crippen LogP contribution in [0, 0.1) is 10.1 Å². The number of non-ortho nitro benzene ring substituents is 1. The monoisotopic (exact) mass is 262 g/mol. The SMILES string of the molecule is O=C(O)/C=C/C(=O)N1CCc2cc([N+](=O)[O-])ccc21. The molecular formula is C12H10N2O5. The molecule has 0 saturated heterocycles. The summed E-state index contributed by atoms with van der Waals surface area (Å²) in [7, 11) is 0. The average molecular weight is 262 g/mol. The molecule has 98 valence electrons. The Hall–Kier alpha value is -2.70. The van der Waals surface area contributed by atoms with Crippen LogP contribution in [0.4, 0.5) is 11.4 Å². The summed E-state index contributed by atoms with van der Waals surface area (Å²) in [5, 5.41) is 19.1. The highest BCUT2D eigenvalue weighted by Gasteiger charge is 2.25. The maximum Gasteiger partial charge on any atom is 0.328 e. The van der Waals surface area contributed by atoms with Gasteiger partial charge in [0.15, 0.2) is 0 Å². The van der Waals surface area contributed by atoms with Crippen LogP contribution < -0.4 is 4.90 Å². The minimum Gasteiger partial charge on any atom is -0.478 e. The van der Waals surface area contributed by atoms with E-state index in [1.807, 2.05) is 0 Å². The minimum atomic E-state index is -1.20. The fourth-order valence-corrected chi connectivity index (χ4v) is 1.96. The van der Waals surface area contributed by atoms with E-state index in [0.29, 0.717) is 24.2 Å². The molecule has 0 radical (unpaired) electrons. The van der Waals surface area contributed by atoms with Gasteiger partial charge in [-0.1, -0.05) is 0 Å². The van der Waals surface area contributed by atoms with Crippen molar-refractivity contribution >= 4 is 23.3 Å². The molecule has 1 aromatic carbocycles. The van der Waals surface area contributed by atoms with Gasteiger partial charge in [-0.2, -0.15) is 0 Å². The van der Waals surface area contributed by atoms with Crippen LogP contribution in [0.1, 0.15) is 5.56 Å². The van der Waals surface area contributed by atoms with Gasteiger partial charge in [-0.05, 0) is 18.1 Å². The molecule has 0 saturated carbocycles. The number of hydrogen-bond donors (Lipinski definition) is 1. The number of carbonyl (C=O) groups is 2. The molecule has 1 N–H and O–H groups in total. The molecule has 2 rings (SSSR count). The van der Waals surface area contributed by atoms with Crippen molar-refractivity contribution in [2.75, 3.05) is 11.4 Å². The number of fused-ring (bicyclic) bond motifs is 1. The number of carbonyl (C=O) groups excluding carboxylic acids is 1. The van der Waals surface area contributed by atoms with Gasteiger partial charge in [-0.3, -0.25) is 14.9 Å². The summed E-state index contributed by atoms with van der Waals surface area (Å²) in [5.41, 5.74) is 1.28. The van der Waals surface area contributed by atoms with Crippen molar-refractivity contribution in [3.05, 3.63) is 46.0 Å². The molecule has 0 fully saturated rings. The van der Waals surface area contributed by atoms with E-state index in [1.165, 1.54) is 23.1 Å². The molecule has 19 heavy (non-hydrogen) atoms. The summed E-state index contributed by atoms with van der Waals surface area (Å²) >= 11 is 0. The van der Waals surface area contributed by atoms with Gasteiger partial charge in [0.25, 0.3) is 11.6 Å². The van der Waals surface area contributed by atoms with Gasteiger partial charge in [0.2, 0.25) is 0 Å². The minimum absolute atomic E-state index is 0.0193. The number of rotatable bonds is 3. The molecule has 0 atom stereocenters. The molecule has 0 bridgehead atoms. The second-order valence-electron chi connectivity index (χ2n) is 3.98. The highest BCUT2D eigenvalue weighted by molar-refractivity contribution is 6.05. The predicted octanol–water partition coefficient (Wildman–Crippen LogP) is 1.12. The van der Waals surface area contributed by atoms with Gasteiger partial charge in [0, 0.05) is 36.5 Å². The predicted molar refractivity (Wildman–Crippen MR) is 65.9 cm³/mol. The first-order valence-corrected chi connectivity index (χ1v) is 5.49. The van der Waals surface area contributed by atoms with E-state index in [1.54, 1.807) is 0 Å². The molecule has 1 aliphatic rings. The quantitative estimate of drug-likeness (QED) is 0.499. The lowest BCUT2D eigenvalue weighted by Gasteiger charge is -2.14. The van der Waals surface area contributed by atoms with E-state index in [9.17, 15) is 19.7 Å². The highest BCUT2D eigenvalue weighted by Crippen LogP contribution is 2.31. The van der Waals surface area contributed by atoms with Crippen LogP contribution in [0.15, 0.2) is 30.4 Å². The number of carboxylic acid groups (broad SMARTS) is 1. The third kappa shape index (κ3) is 2.59. The first kappa shape index (κ1) is 12.7. The molecule has 0 aliphatic carbocycles. The summed E-state index contributed by atoms with van der Waals surface area (Å²) in [6.45, 7) is 0.388. The number of carboxylic acids is 1. The second kappa shape index (κ2) is 4.89. The Kier molecular flexibility index (Phi) is 3.28. The van der Waals surface area contributed by atoms with Crippen molar-refractivity contribution in [2.24, 2.45) is 0 Å². The standard InChI is InChI=1S/C12H10N2O5/c15-11(3-4-12(16)17)13-6-5-8-7-9(14(18)19)1-2-10(8)13/h1-4,7H,5-6H2,(H,16,17)/b4-3+. The second-order valence-corrected chi connectivity index (χ2v) is 3.98. The smallest absolute Gasteiger partial charge is 0.328 e. The number of nitro groups is 1. The fourth-order valence-electron chi connectivity index (χ4n) is 1.96. The van der Waals surface area contributed by atoms with Gasteiger partial charge >= 0.3 is 5.97 Å². The molecule has 7 nitrogen and oxygen atoms in total. The molecule has 0 aromatic heterocycles. The van der Waals surface area contributed by atoms with Crippen LogP contribution in [0.3, 0.4) is 0 Å². The molecule has 1 aliphatic heterocycles. The van der Waals surface area contributed by atoms with Crippen molar-refractivity contribution in [1.29, 1.82) is 0 Å². The largest absolute Gasteiger partial charge is 0.478 e. The normalized spacial score (nSPS) is 13.6. The van der Waals surface area contributed by atoms with Crippen LogP contribution in [0.2, 0.25) is 0 Å². The summed E-state index contributed by atoms with van der Waals surface area (Å²) < 4.78 is 0. The Morgan fingerprint density at radius 1 is 1.37 bits per heavy atom. The third-order valence-corrected chi connectivity index (χ3v) is 2.80. The maximum absolute atomic E-state index is 11.8. The molecule has 0 unspecified atom stereocenters. The summed E-state index contributed by atoms with van der Waals surface area (Å²) in [5.74, 6) is -1.65. The Morgan fingerprint density at radius 3 is 2.74 bits per heavy atom. The van der Waals surface area contributed by atoms with Crippen LogP contribution in [0.5, 0.6) is 0 Å². The van der Waals surface area contributed by atoms with E-state index >= 15 is 0 Å². The number of nitro benzene ring substituents is 1. The Bertz CT molecular complexity index is 594. The molecular weight excluding hydrogens is 252 g/mol. The van der Waals surface area contributed by atoms with Crippen molar-refractivity contribution in [1.82, 2.24) is 0 Å². The van der Waals surface area contributed by atoms with E-state index in [2.05, 4.69) is 0 Å². The van der Waals surface area contributed by atoms with Gasteiger partial charge in [-0.25, -0.2) is 4.79 Å². The van der Waals surface area contributed by atoms with Crippen molar-refractivity contribution in [2.45, 2.75) is 6.42 Å². The first-order chi connectivity index (χ1) is 8.99. The van der Waals surface area contributed by atoms with Gasteiger partial charge in [0.05, 0.1) is 4.92 Å². The van der Waals surface area contributed by atoms with E-state index < -0.39 is 16.8 Å². The van der Waals surface area contributed by atoms with Crippen LogP contribution in [-0.4, -0.2) is 28.5 Å². The number of hydrogen-bond acceptors (Lipinski definition) is 4. The van der Waals surface area contributed by atoms with E-state index in [4.69, 9.17) is 5.11 Å². The number of aliphatic carboxylic acids is 1. The van der Waals surface area contributed by atoms with Gasteiger partial charge in [-0.15, -0.1) is 0 Å². The fraction of sp³-hybridized carbons (Fsp3) is 0.167. The third-order valence-electron chi connectivity index (χ3n) is 2.80. The first-order valence-electron chi connectivity index (χ1n) is 5.49. The zero-order valence-electron chi connectivity index (χ0n) is 9.78. The number of amides is 1. The zero-order valence-corrected chi connectivity index (χ0v) is 9.78. The number of anilines is 1. The van der Waals surface area contributed by atoms with Crippen molar-refractivity contribution < 1.29 is 19.6 Å². The average Bonchev–Trinajstić information content (AvgIpc) is 2.78. The molecule has 1 amide bonds.